The molecule has 0 atom stereocenters. The van der Waals surface area contributed by atoms with Crippen molar-refractivity contribution in [1.29, 1.82) is 0 Å². The second-order valence-corrected chi connectivity index (χ2v) is 8.50. The largest absolute Gasteiger partial charge is 0.507 e. The lowest BCUT2D eigenvalue weighted by atomic mass is 10.0. The summed E-state index contributed by atoms with van der Waals surface area (Å²) < 4.78 is 3.32. The van der Waals surface area contributed by atoms with Crippen LogP contribution in [0.4, 0.5) is 0 Å². The smallest absolute Gasteiger partial charge is 0.185 e. The highest BCUT2D eigenvalue weighted by Gasteiger charge is 2.15. The summed E-state index contributed by atoms with van der Waals surface area (Å²) in [5, 5.41) is 12.6. The Balaban J connectivity index is 0.00000150. The van der Waals surface area contributed by atoms with Gasteiger partial charge in [0, 0.05) is 62.7 Å². The van der Waals surface area contributed by atoms with E-state index in [1.165, 1.54) is 5.52 Å². The van der Waals surface area contributed by atoms with Gasteiger partial charge in [-0.3, -0.25) is 4.99 Å². The second-order valence-electron chi connectivity index (χ2n) is 7.52. The number of nitrogens with zero attached hydrogens (tertiary/aromatic N) is 4. The van der Waals surface area contributed by atoms with Crippen LogP contribution in [-0.4, -0.2) is 65.8 Å². The van der Waals surface area contributed by atoms with E-state index in [1.54, 1.807) is 11.3 Å². The van der Waals surface area contributed by atoms with Crippen LogP contribution in [0.15, 0.2) is 29.3 Å². The Morgan fingerprint density at radius 2 is 1.63 bits per heavy atom. The number of aryl methyl sites for hydroxylation is 2. The van der Waals surface area contributed by atoms with Gasteiger partial charge in [0.05, 0.1) is 10.2 Å². The number of halogens is 3. The Kier molecular flexibility index (Phi) is 10.4. The maximum atomic E-state index is 10.6. The summed E-state index contributed by atoms with van der Waals surface area (Å²) in [5.74, 6) is 0.390. The van der Waals surface area contributed by atoms with Gasteiger partial charge in [-0.15, -0.1) is 37.2 Å². The third-order valence-corrected chi connectivity index (χ3v) is 6.93. The lowest BCUT2D eigenvalue weighted by Gasteiger charge is -2.32. The minimum atomic E-state index is 0. The number of rotatable bonds is 4. The normalized spacial score (nSPS) is 15.6. The monoisotopic (exact) mass is 492 g/mol. The summed E-state index contributed by atoms with van der Waals surface area (Å²) >= 11 is 1.68. The van der Waals surface area contributed by atoms with E-state index in [1.807, 2.05) is 25.1 Å². The molecule has 2 aromatic carbocycles. The quantitative estimate of drug-likeness (QED) is 0.554. The van der Waals surface area contributed by atoms with Crippen LogP contribution in [0.25, 0.3) is 21.0 Å². The maximum absolute atomic E-state index is 10.6. The molecule has 0 unspecified atom stereocenters. The molecule has 0 radical (unpaired) electrons. The van der Waals surface area contributed by atoms with Crippen molar-refractivity contribution in [3.8, 4) is 5.75 Å². The van der Waals surface area contributed by atoms with Crippen molar-refractivity contribution in [3.05, 3.63) is 34.6 Å². The topological polar surface area (TPSA) is 44.0 Å². The van der Waals surface area contributed by atoms with Gasteiger partial charge in [0.15, 0.2) is 4.80 Å². The molecule has 1 saturated heterocycles. The van der Waals surface area contributed by atoms with E-state index in [0.29, 0.717) is 5.75 Å². The summed E-state index contributed by atoms with van der Waals surface area (Å²) in [6.45, 7) is 8.62. The zero-order valence-corrected chi connectivity index (χ0v) is 20.9. The van der Waals surface area contributed by atoms with Gasteiger partial charge in [-0.2, -0.15) is 0 Å². The average molecular weight is 494 g/mol. The Morgan fingerprint density at radius 3 is 2.30 bits per heavy atom. The Hall–Kier alpha value is -1.02. The van der Waals surface area contributed by atoms with Crippen molar-refractivity contribution in [3.63, 3.8) is 0 Å². The second kappa shape index (κ2) is 11.6. The maximum Gasteiger partial charge on any atom is 0.185 e. The van der Waals surface area contributed by atoms with Crippen LogP contribution in [-0.2, 0) is 7.05 Å². The van der Waals surface area contributed by atoms with Crippen LogP contribution in [0.5, 0.6) is 5.75 Å². The standard InChI is InChI=1S/C21H28N4OS.3ClH/c1-15-19(26)17-8-5-4-7-16(17)18-20(15)27-21(24(18)3)22-9-6-10-25-13-11-23(2)12-14-25;;;/h4-5,7-8,26H,6,9-14H2,1-3H3;3*1H/b22-21+;;;. The zero-order chi connectivity index (χ0) is 19.0. The van der Waals surface area contributed by atoms with E-state index in [9.17, 15) is 5.11 Å². The van der Waals surface area contributed by atoms with E-state index in [0.717, 1.165) is 71.5 Å². The highest BCUT2D eigenvalue weighted by molar-refractivity contribution is 7.16. The zero-order valence-electron chi connectivity index (χ0n) is 17.6. The number of aromatic nitrogens is 1. The molecule has 3 aromatic rings. The van der Waals surface area contributed by atoms with Crippen LogP contribution >= 0.6 is 48.6 Å². The summed E-state index contributed by atoms with van der Waals surface area (Å²) in [6.07, 6.45) is 1.09. The third kappa shape index (κ3) is 5.23. The fraction of sp³-hybridized carbons (Fsp3) is 0.476. The predicted octanol–water partition coefficient (Wildman–Crippen LogP) is 4.21. The highest BCUT2D eigenvalue weighted by Crippen LogP contribution is 2.37. The first-order chi connectivity index (χ1) is 13.1. The predicted molar refractivity (Wildman–Crippen MR) is 135 cm³/mol. The fourth-order valence-corrected chi connectivity index (χ4v) is 5.06. The number of likely N-dealkylation sites (N-methyl/N-ethyl adjacent to an activating group) is 1. The first-order valence-corrected chi connectivity index (χ1v) is 10.5. The van der Waals surface area contributed by atoms with Gasteiger partial charge in [-0.25, -0.2) is 0 Å². The molecule has 30 heavy (non-hydrogen) atoms. The lowest BCUT2D eigenvalue weighted by molar-refractivity contribution is 0.153. The number of phenolic OH excluding ortho intramolecular Hbond substituents is 1. The van der Waals surface area contributed by atoms with E-state index in [2.05, 4.69) is 34.5 Å². The van der Waals surface area contributed by atoms with Crippen molar-refractivity contribution in [1.82, 2.24) is 14.4 Å². The number of piperazine rings is 1. The Morgan fingerprint density at radius 1 is 1.00 bits per heavy atom. The Bertz CT molecular complexity index is 1040. The number of benzene rings is 2. The summed E-state index contributed by atoms with van der Waals surface area (Å²) in [7, 11) is 4.28. The molecule has 5 nitrogen and oxygen atoms in total. The van der Waals surface area contributed by atoms with Crippen molar-refractivity contribution in [2.75, 3.05) is 46.3 Å². The highest BCUT2D eigenvalue weighted by atomic mass is 35.5. The van der Waals surface area contributed by atoms with Gasteiger partial charge in [0.2, 0.25) is 0 Å². The van der Waals surface area contributed by atoms with Crippen molar-refractivity contribution in [2.45, 2.75) is 13.3 Å². The van der Waals surface area contributed by atoms with Gasteiger partial charge >= 0.3 is 0 Å². The molecule has 1 aliphatic heterocycles. The number of phenols is 1. The van der Waals surface area contributed by atoms with Gasteiger partial charge < -0.3 is 19.5 Å². The molecule has 1 aromatic heterocycles. The first-order valence-electron chi connectivity index (χ1n) is 9.67. The van der Waals surface area contributed by atoms with E-state index in [4.69, 9.17) is 4.99 Å². The van der Waals surface area contributed by atoms with Crippen molar-refractivity contribution < 1.29 is 5.11 Å². The molecule has 1 N–H and O–H groups in total. The number of hydrogen-bond donors (Lipinski definition) is 1. The summed E-state index contributed by atoms with van der Waals surface area (Å²) in [5.41, 5.74) is 2.12. The molecule has 0 saturated carbocycles. The number of thiazole rings is 1. The molecule has 2 heterocycles. The molecule has 9 heteroatoms. The lowest BCUT2D eigenvalue weighted by Crippen LogP contribution is -2.44. The molecule has 4 rings (SSSR count). The number of hydrogen-bond acceptors (Lipinski definition) is 5. The van der Waals surface area contributed by atoms with Gasteiger partial charge in [-0.05, 0) is 20.4 Å². The number of fused-ring (bicyclic) bond motifs is 3. The van der Waals surface area contributed by atoms with Crippen LogP contribution in [0.3, 0.4) is 0 Å². The van der Waals surface area contributed by atoms with Crippen molar-refractivity contribution >= 4 is 69.5 Å². The average Bonchev–Trinajstić information content (AvgIpc) is 3.01. The molecule has 1 aliphatic rings. The first kappa shape index (κ1) is 27.0. The molecule has 1 fully saturated rings. The molecule has 0 spiro atoms. The number of aromatic hydroxyl groups is 1. The molecular weight excluding hydrogens is 463 g/mol. The molecule has 0 bridgehead atoms. The van der Waals surface area contributed by atoms with Crippen LogP contribution in [0.2, 0.25) is 0 Å². The van der Waals surface area contributed by atoms with E-state index < -0.39 is 0 Å². The minimum absolute atomic E-state index is 0. The van der Waals surface area contributed by atoms with Crippen LogP contribution in [0, 0.1) is 6.92 Å². The van der Waals surface area contributed by atoms with E-state index >= 15 is 0 Å². The van der Waals surface area contributed by atoms with Gasteiger partial charge in [-0.1, -0.05) is 35.6 Å². The third-order valence-electron chi connectivity index (χ3n) is 5.64. The minimum Gasteiger partial charge on any atom is -0.507 e. The summed E-state index contributed by atoms with van der Waals surface area (Å²) in [4.78, 5) is 10.8. The molecule has 0 amide bonds. The Labute approximate surface area is 200 Å². The van der Waals surface area contributed by atoms with Gasteiger partial charge in [0.1, 0.15) is 5.75 Å². The molecule has 168 valence electrons. The van der Waals surface area contributed by atoms with Crippen LogP contribution < -0.4 is 4.80 Å². The molecular formula is C21H31Cl3N4OS. The van der Waals surface area contributed by atoms with Crippen molar-refractivity contribution in [2.24, 2.45) is 12.0 Å². The van der Waals surface area contributed by atoms with E-state index in [-0.39, 0.29) is 37.2 Å². The molecule has 0 aliphatic carbocycles. The van der Waals surface area contributed by atoms with Crippen LogP contribution in [0.1, 0.15) is 12.0 Å². The van der Waals surface area contributed by atoms with Gasteiger partial charge in [0.25, 0.3) is 0 Å². The fourth-order valence-electron chi connectivity index (χ4n) is 3.90. The summed E-state index contributed by atoms with van der Waals surface area (Å²) in [6, 6.07) is 8.08. The SMILES string of the molecule is Cc1c(O)c2ccccc2c2c1s/c(=N/CCCN1CCN(C)CC1)n2C.Cl.Cl.Cl.